The molecule has 11 heteroatoms. The van der Waals surface area contributed by atoms with Crippen molar-refractivity contribution in [3.05, 3.63) is 83.6 Å². The standard InChI is InChI=1S/C30H34N2O7S2.3C2H6/c1-28(2,19-33)18-32-25-15-13-21(41(37,38)39)17-23(25)30(5,6)27(32)11-9-7-8-10-26-29(3,4)22-16-20(40(34,35)36)12-14-24(22)31-26;3*1-2/h7-17,19H,18H2,1-6H3,(H2,34,35,36,37,38,39);3*1-2H3/p+1. The monoisotopic (exact) mass is 689 g/mol. The Bertz CT molecular complexity index is 1780. The average molecular weight is 690 g/mol. The Kier molecular flexibility index (Phi) is 14.3. The van der Waals surface area contributed by atoms with Crippen molar-refractivity contribution in [2.24, 2.45) is 5.41 Å². The molecule has 0 amide bonds. The van der Waals surface area contributed by atoms with Crippen molar-refractivity contribution in [2.45, 2.75) is 104 Å². The number of allylic oxidation sites excluding steroid dienone is 6. The summed E-state index contributed by atoms with van der Waals surface area (Å²) in [4.78, 5) is 11.4. The summed E-state index contributed by atoms with van der Waals surface area (Å²) in [7, 11) is -8.71. The molecule has 0 aliphatic carbocycles. The molecule has 2 aromatic carbocycles. The SMILES string of the molecule is CC.CC.CC.CC(C)(C=O)C[N+]1=C(/C=C/C=C/C=C2\Nc3ccc(S(=O)(=O)O)cc3C2(C)C)C(C)(C)c2cc(S(=O)(=O)O)ccc21. The molecular weight excluding hydrogens is 637 g/mol. The van der Waals surface area contributed by atoms with E-state index in [4.69, 9.17) is 0 Å². The lowest BCUT2D eigenvalue weighted by Crippen LogP contribution is -2.32. The molecule has 0 saturated carbocycles. The van der Waals surface area contributed by atoms with Gasteiger partial charge in [0.25, 0.3) is 20.2 Å². The van der Waals surface area contributed by atoms with Gasteiger partial charge in [0.05, 0.1) is 20.6 Å². The molecule has 0 radical (unpaired) electrons. The first-order chi connectivity index (χ1) is 21.8. The van der Waals surface area contributed by atoms with E-state index in [-0.39, 0.29) is 9.79 Å². The zero-order chi connectivity index (χ0) is 36.6. The largest absolute Gasteiger partial charge is 0.358 e. The molecule has 0 spiro atoms. The van der Waals surface area contributed by atoms with Crippen LogP contribution in [0.5, 0.6) is 0 Å². The zero-order valence-electron chi connectivity index (χ0n) is 29.8. The van der Waals surface area contributed by atoms with Crippen LogP contribution in [0.2, 0.25) is 0 Å². The first-order valence-electron chi connectivity index (χ1n) is 16.0. The molecule has 2 aliphatic heterocycles. The molecule has 9 nitrogen and oxygen atoms in total. The summed E-state index contributed by atoms with van der Waals surface area (Å²) in [6, 6.07) is 8.95. The van der Waals surface area contributed by atoms with Gasteiger partial charge in [0, 0.05) is 34.5 Å². The number of carbonyl (C=O) groups excluding carboxylic acids is 1. The summed E-state index contributed by atoms with van der Waals surface area (Å²) in [5.74, 6) is 0. The molecular formula is C36H53N2O7S2+. The summed E-state index contributed by atoms with van der Waals surface area (Å²) in [5, 5.41) is 3.31. The van der Waals surface area contributed by atoms with Crippen LogP contribution < -0.4 is 5.32 Å². The van der Waals surface area contributed by atoms with Crippen molar-refractivity contribution in [1.82, 2.24) is 0 Å². The topological polar surface area (TPSA) is 141 Å². The molecule has 2 aromatic rings. The number of benzene rings is 2. The Balaban J connectivity index is 0.00000174. The highest BCUT2D eigenvalue weighted by molar-refractivity contribution is 7.86. The summed E-state index contributed by atoms with van der Waals surface area (Å²) in [5.41, 5.74) is 2.87. The number of aldehydes is 1. The molecule has 0 saturated heterocycles. The Labute approximate surface area is 282 Å². The van der Waals surface area contributed by atoms with E-state index in [1.165, 1.54) is 24.3 Å². The van der Waals surface area contributed by atoms with Crippen molar-refractivity contribution in [1.29, 1.82) is 0 Å². The summed E-state index contributed by atoms with van der Waals surface area (Å²) >= 11 is 0. The molecule has 3 N–H and O–H groups in total. The molecule has 0 atom stereocenters. The number of nitrogens with zero attached hydrogens (tertiary/aromatic N) is 1. The molecule has 0 bridgehead atoms. The summed E-state index contributed by atoms with van der Waals surface area (Å²) in [6.07, 6.45) is 10.3. The molecule has 47 heavy (non-hydrogen) atoms. The van der Waals surface area contributed by atoms with E-state index in [0.717, 1.165) is 40.2 Å². The van der Waals surface area contributed by atoms with Gasteiger partial charge in [-0.1, -0.05) is 73.6 Å². The van der Waals surface area contributed by atoms with Gasteiger partial charge < -0.3 is 10.1 Å². The number of fused-ring (bicyclic) bond motifs is 2. The molecule has 2 aliphatic rings. The maximum atomic E-state index is 11.8. The van der Waals surface area contributed by atoms with Crippen LogP contribution in [0.4, 0.5) is 11.4 Å². The highest BCUT2D eigenvalue weighted by atomic mass is 32.2. The lowest BCUT2D eigenvalue weighted by atomic mass is 9.81. The maximum absolute atomic E-state index is 11.8. The third-order valence-corrected chi connectivity index (χ3v) is 9.39. The smallest absolute Gasteiger partial charge is 0.294 e. The number of carbonyl (C=O) groups is 1. The van der Waals surface area contributed by atoms with Crippen molar-refractivity contribution >= 4 is 43.6 Å². The quantitative estimate of drug-likeness (QED) is 0.109. The van der Waals surface area contributed by atoms with Gasteiger partial charge in [-0.3, -0.25) is 9.11 Å². The van der Waals surface area contributed by atoms with E-state index in [2.05, 4.69) is 5.32 Å². The van der Waals surface area contributed by atoms with E-state index in [1.54, 1.807) is 12.1 Å². The maximum Gasteiger partial charge on any atom is 0.294 e. The second-order valence-electron chi connectivity index (χ2n) is 12.1. The second-order valence-corrected chi connectivity index (χ2v) is 15.0. The van der Waals surface area contributed by atoms with Crippen LogP contribution in [0.1, 0.15) is 94.2 Å². The first-order valence-corrected chi connectivity index (χ1v) is 18.8. The molecule has 0 unspecified atom stereocenters. The van der Waals surface area contributed by atoms with E-state index >= 15 is 0 Å². The van der Waals surface area contributed by atoms with E-state index in [9.17, 15) is 30.7 Å². The Morgan fingerprint density at radius 2 is 1.28 bits per heavy atom. The number of nitrogens with one attached hydrogen (secondary N) is 1. The fourth-order valence-electron chi connectivity index (χ4n) is 5.30. The van der Waals surface area contributed by atoms with Gasteiger partial charge in [-0.05, 0) is 69.7 Å². The predicted octanol–water partition coefficient (Wildman–Crippen LogP) is 8.26. The summed E-state index contributed by atoms with van der Waals surface area (Å²) in [6.45, 7) is 23.9. The Hall–Kier alpha value is -3.38. The first kappa shape index (κ1) is 41.6. The van der Waals surface area contributed by atoms with Gasteiger partial charge in [-0.25, -0.2) is 0 Å². The van der Waals surface area contributed by atoms with Gasteiger partial charge in [0.1, 0.15) is 6.29 Å². The summed E-state index contributed by atoms with van der Waals surface area (Å²) < 4.78 is 68.0. The Morgan fingerprint density at radius 1 is 0.766 bits per heavy atom. The Morgan fingerprint density at radius 3 is 1.79 bits per heavy atom. The van der Waals surface area contributed by atoms with Crippen molar-refractivity contribution in [3.63, 3.8) is 0 Å². The van der Waals surface area contributed by atoms with Gasteiger partial charge in [-0.15, -0.1) is 0 Å². The third kappa shape index (κ3) is 9.37. The zero-order valence-corrected chi connectivity index (χ0v) is 31.5. The van der Waals surface area contributed by atoms with E-state index < -0.39 is 36.5 Å². The van der Waals surface area contributed by atoms with Crippen LogP contribution in [0.15, 0.2) is 82.3 Å². The van der Waals surface area contributed by atoms with Gasteiger partial charge in [0.15, 0.2) is 12.3 Å². The number of hydrogen-bond donors (Lipinski definition) is 3. The van der Waals surface area contributed by atoms with Crippen LogP contribution in [0.3, 0.4) is 0 Å². The number of hydrogen-bond acceptors (Lipinski definition) is 6. The molecule has 260 valence electrons. The van der Waals surface area contributed by atoms with E-state index in [1.807, 2.05) is 118 Å². The fourth-order valence-corrected chi connectivity index (χ4v) is 6.31. The minimum atomic E-state index is -4.39. The fraction of sp³-hybridized carbons (Fsp3) is 0.444. The van der Waals surface area contributed by atoms with Crippen molar-refractivity contribution < 1.29 is 35.3 Å². The lowest BCUT2D eigenvalue weighted by Gasteiger charge is -2.20. The minimum Gasteiger partial charge on any atom is -0.358 e. The third-order valence-electron chi connectivity index (χ3n) is 7.69. The van der Waals surface area contributed by atoms with Crippen LogP contribution in [0, 0.1) is 5.41 Å². The van der Waals surface area contributed by atoms with E-state index in [0.29, 0.717) is 6.54 Å². The second kappa shape index (κ2) is 16.1. The van der Waals surface area contributed by atoms with Crippen LogP contribution in [0.25, 0.3) is 0 Å². The molecule has 2 heterocycles. The molecule has 0 fully saturated rings. The highest BCUT2D eigenvalue weighted by Crippen LogP contribution is 2.44. The normalized spacial score (nSPS) is 17.1. The average Bonchev–Trinajstić information content (AvgIpc) is 3.39. The van der Waals surface area contributed by atoms with Crippen LogP contribution >= 0.6 is 0 Å². The van der Waals surface area contributed by atoms with Gasteiger partial charge >= 0.3 is 0 Å². The molecule has 0 aromatic heterocycles. The molecule has 4 rings (SSSR count). The minimum absolute atomic E-state index is 0.158. The van der Waals surface area contributed by atoms with Crippen LogP contribution in [-0.2, 0) is 35.9 Å². The van der Waals surface area contributed by atoms with Crippen molar-refractivity contribution in [2.75, 3.05) is 11.9 Å². The van der Waals surface area contributed by atoms with Gasteiger partial charge in [-0.2, -0.15) is 21.4 Å². The van der Waals surface area contributed by atoms with Crippen molar-refractivity contribution in [3.8, 4) is 0 Å². The van der Waals surface area contributed by atoms with Gasteiger partial charge in [0.2, 0.25) is 5.69 Å². The lowest BCUT2D eigenvalue weighted by molar-refractivity contribution is -0.450. The number of anilines is 1. The number of rotatable bonds is 8. The predicted molar refractivity (Wildman–Crippen MR) is 192 cm³/mol. The van der Waals surface area contributed by atoms with Crippen LogP contribution in [-0.4, -0.2) is 49.1 Å². The highest BCUT2D eigenvalue weighted by Gasteiger charge is 2.46.